The quantitative estimate of drug-likeness (QED) is 0.449. The van der Waals surface area contributed by atoms with Crippen molar-refractivity contribution >= 4 is 45.4 Å². The van der Waals surface area contributed by atoms with E-state index in [1.54, 1.807) is 10.6 Å². The number of fused-ring (bicyclic) bond motifs is 2. The Morgan fingerprint density at radius 1 is 1.29 bits per heavy atom. The van der Waals surface area contributed by atoms with Crippen LogP contribution in [0.1, 0.15) is 30.4 Å². The SMILES string of the molecule is Cc1cccc2nc(C(C)Nc3nc(N)nc4[nH]cnc34)n(C3C=CC=C3Cl)c(=O)c12. The number of aromatic amines is 1. The summed E-state index contributed by atoms with van der Waals surface area (Å²) in [6.07, 6.45) is 7.01. The van der Waals surface area contributed by atoms with Crippen molar-refractivity contribution in [3.63, 3.8) is 0 Å². The van der Waals surface area contributed by atoms with Crippen LogP contribution in [0.15, 0.2) is 52.6 Å². The number of aryl methyl sites for hydroxylation is 1. The van der Waals surface area contributed by atoms with Crippen molar-refractivity contribution < 1.29 is 0 Å². The Balaban J connectivity index is 1.69. The van der Waals surface area contributed by atoms with E-state index in [0.717, 1.165) is 5.56 Å². The van der Waals surface area contributed by atoms with Crippen LogP contribution < -0.4 is 16.6 Å². The maximum atomic E-state index is 13.6. The lowest BCUT2D eigenvalue weighted by molar-refractivity contribution is 0.598. The molecule has 2 unspecified atom stereocenters. The molecule has 0 saturated carbocycles. The Morgan fingerprint density at radius 3 is 2.90 bits per heavy atom. The molecule has 4 N–H and O–H groups in total. The van der Waals surface area contributed by atoms with Gasteiger partial charge in [-0.2, -0.15) is 9.97 Å². The van der Waals surface area contributed by atoms with Crippen molar-refractivity contribution in [3.05, 3.63) is 69.5 Å². The largest absolute Gasteiger partial charge is 0.368 e. The molecule has 156 valence electrons. The summed E-state index contributed by atoms with van der Waals surface area (Å²) in [6.45, 7) is 3.80. The minimum absolute atomic E-state index is 0.107. The molecule has 0 spiro atoms. The fourth-order valence-corrected chi connectivity index (χ4v) is 4.12. The Labute approximate surface area is 181 Å². The number of nitrogens with zero attached hydrogens (tertiary/aromatic N) is 5. The molecule has 3 heterocycles. The van der Waals surface area contributed by atoms with Crippen LogP contribution in [0.4, 0.5) is 11.8 Å². The summed E-state index contributed by atoms with van der Waals surface area (Å²) in [7, 11) is 0. The normalized spacial score (nSPS) is 16.7. The lowest BCUT2D eigenvalue weighted by Crippen LogP contribution is -2.31. The number of benzene rings is 1. The van der Waals surface area contributed by atoms with Crippen molar-refractivity contribution in [1.82, 2.24) is 29.5 Å². The first-order chi connectivity index (χ1) is 14.9. The fourth-order valence-electron chi connectivity index (χ4n) is 3.88. The molecule has 4 aromatic rings. The minimum Gasteiger partial charge on any atom is -0.368 e. The molecule has 5 rings (SSSR count). The van der Waals surface area contributed by atoms with Gasteiger partial charge in [0.05, 0.1) is 29.3 Å². The van der Waals surface area contributed by atoms with Crippen LogP contribution in [-0.4, -0.2) is 29.5 Å². The summed E-state index contributed by atoms with van der Waals surface area (Å²) in [6, 6.07) is 4.78. The van der Waals surface area contributed by atoms with E-state index in [0.29, 0.717) is 38.7 Å². The molecule has 0 fully saturated rings. The van der Waals surface area contributed by atoms with E-state index < -0.39 is 12.1 Å². The van der Waals surface area contributed by atoms with Gasteiger partial charge in [-0.05, 0) is 31.6 Å². The molecule has 1 aromatic carbocycles. The highest BCUT2D eigenvalue weighted by molar-refractivity contribution is 6.30. The van der Waals surface area contributed by atoms with Crippen molar-refractivity contribution in [1.29, 1.82) is 0 Å². The average molecular weight is 435 g/mol. The zero-order chi connectivity index (χ0) is 21.7. The van der Waals surface area contributed by atoms with Crippen LogP contribution in [0.5, 0.6) is 0 Å². The second-order valence-electron chi connectivity index (χ2n) is 7.39. The summed E-state index contributed by atoms with van der Waals surface area (Å²) >= 11 is 6.44. The first kappa shape index (κ1) is 19.3. The van der Waals surface area contributed by atoms with Gasteiger partial charge in [-0.25, -0.2) is 9.97 Å². The molecule has 1 aliphatic carbocycles. The van der Waals surface area contributed by atoms with E-state index in [9.17, 15) is 4.79 Å². The average Bonchev–Trinajstić information content (AvgIpc) is 3.36. The molecule has 0 radical (unpaired) electrons. The van der Waals surface area contributed by atoms with Gasteiger partial charge in [0.25, 0.3) is 5.56 Å². The van der Waals surface area contributed by atoms with Crippen molar-refractivity contribution in [3.8, 4) is 0 Å². The molecule has 10 heteroatoms. The number of nitrogens with two attached hydrogens (primary N) is 1. The topological polar surface area (TPSA) is 127 Å². The molecule has 0 amide bonds. The van der Waals surface area contributed by atoms with E-state index in [-0.39, 0.29) is 11.5 Å². The van der Waals surface area contributed by atoms with Crippen LogP contribution in [0.3, 0.4) is 0 Å². The zero-order valence-electron chi connectivity index (χ0n) is 16.8. The van der Waals surface area contributed by atoms with Gasteiger partial charge in [-0.15, -0.1) is 0 Å². The van der Waals surface area contributed by atoms with Crippen molar-refractivity contribution in [2.75, 3.05) is 11.1 Å². The van der Waals surface area contributed by atoms with Crippen molar-refractivity contribution in [2.24, 2.45) is 0 Å². The van der Waals surface area contributed by atoms with Crippen LogP contribution >= 0.6 is 11.6 Å². The van der Waals surface area contributed by atoms with Gasteiger partial charge < -0.3 is 16.0 Å². The monoisotopic (exact) mass is 434 g/mol. The first-order valence-corrected chi connectivity index (χ1v) is 10.1. The molecule has 0 saturated heterocycles. The second-order valence-corrected chi connectivity index (χ2v) is 7.83. The fraction of sp³-hybridized carbons (Fsp3) is 0.190. The molecule has 0 aliphatic heterocycles. The van der Waals surface area contributed by atoms with Crippen molar-refractivity contribution in [2.45, 2.75) is 25.9 Å². The summed E-state index contributed by atoms with van der Waals surface area (Å²) in [5.74, 6) is 1.08. The third kappa shape index (κ3) is 3.14. The number of imidazole rings is 1. The molecule has 0 bridgehead atoms. The van der Waals surface area contributed by atoms with E-state index in [1.165, 1.54) is 6.33 Å². The highest BCUT2D eigenvalue weighted by Crippen LogP contribution is 2.31. The predicted molar refractivity (Wildman–Crippen MR) is 121 cm³/mol. The number of aromatic nitrogens is 6. The maximum absolute atomic E-state index is 13.6. The minimum atomic E-state index is -0.425. The van der Waals surface area contributed by atoms with Crippen LogP contribution in [0.25, 0.3) is 22.1 Å². The molecule has 9 nitrogen and oxygen atoms in total. The van der Waals surface area contributed by atoms with Crippen LogP contribution in [-0.2, 0) is 0 Å². The second kappa shape index (κ2) is 7.21. The Hall–Kier alpha value is -3.72. The van der Waals surface area contributed by atoms with Gasteiger partial charge in [0.15, 0.2) is 11.5 Å². The van der Waals surface area contributed by atoms with Gasteiger partial charge >= 0.3 is 0 Å². The number of rotatable bonds is 4. The molecular weight excluding hydrogens is 416 g/mol. The summed E-state index contributed by atoms with van der Waals surface area (Å²) in [4.78, 5) is 34.1. The Morgan fingerprint density at radius 2 is 2.13 bits per heavy atom. The van der Waals surface area contributed by atoms with Gasteiger partial charge in [0, 0.05) is 5.03 Å². The third-order valence-electron chi connectivity index (χ3n) is 5.31. The number of H-pyrrole nitrogens is 1. The smallest absolute Gasteiger partial charge is 0.262 e. The Kier molecular flexibility index (Phi) is 4.48. The summed E-state index contributed by atoms with van der Waals surface area (Å²) in [5, 5.41) is 4.41. The highest BCUT2D eigenvalue weighted by atomic mass is 35.5. The zero-order valence-corrected chi connectivity index (χ0v) is 17.6. The molecular formula is C21H19ClN8O. The lowest BCUT2D eigenvalue weighted by atomic mass is 10.1. The standard InChI is InChI=1S/C21H19ClN8O/c1-10-5-3-7-13-15(10)20(31)30(14-8-4-6-12(14)22)19(27-13)11(2)26-18-16-17(25-9-24-16)28-21(23)29-18/h3-9,11,14H,1-2H3,(H4,23,24,25,26,28,29). The van der Waals surface area contributed by atoms with E-state index in [4.69, 9.17) is 22.3 Å². The number of halogens is 1. The number of nitrogen functional groups attached to an aromatic ring is 1. The molecule has 2 atom stereocenters. The lowest BCUT2D eigenvalue weighted by Gasteiger charge is -2.23. The molecule has 3 aromatic heterocycles. The predicted octanol–water partition coefficient (Wildman–Crippen LogP) is 3.36. The van der Waals surface area contributed by atoms with Crippen LogP contribution in [0.2, 0.25) is 0 Å². The highest BCUT2D eigenvalue weighted by Gasteiger charge is 2.26. The first-order valence-electron chi connectivity index (χ1n) is 9.73. The number of nitrogens with one attached hydrogen (secondary N) is 2. The Bertz CT molecular complexity index is 1450. The third-order valence-corrected chi connectivity index (χ3v) is 5.66. The van der Waals surface area contributed by atoms with E-state index in [2.05, 4.69) is 25.3 Å². The summed E-state index contributed by atoms with van der Waals surface area (Å²) < 4.78 is 1.63. The summed E-state index contributed by atoms with van der Waals surface area (Å²) in [5.41, 5.74) is 8.25. The molecule has 1 aliphatic rings. The van der Waals surface area contributed by atoms with Gasteiger partial charge in [0.1, 0.15) is 11.3 Å². The number of hydrogen-bond acceptors (Lipinski definition) is 7. The van der Waals surface area contributed by atoms with Gasteiger partial charge in [0.2, 0.25) is 5.95 Å². The number of allylic oxidation sites excluding steroid dienone is 4. The molecule has 31 heavy (non-hydrogen) atoms. The number of hydrogen-bond donors (Lipinski definition) is 3. The van der Waals surface area contributed by atoms with E-state index >= 15 is 0 Å². The maximum Gasteiger partial charge on any atom is 0.262 e. The number of anilines is 2. The van der Waals surface area contributed by atoms with Crippen LogP contribution in [0, 0.1) is 6.92 Å². The van der Waals surface area contributed by atoms with Gasteiger partial charge in [-0.3, -0.25) is 9.36 Å². The van der Waals surface area contributed by atoms with E-state index in [1.807, 2.05) is 44.2 Å². The van der Waals surface area contributed by atoms with Gasteiger partial charge in [-0.1, -0.05) is 35.9 Å².